The second-order valence-corrected chi connectivity index (χ2v) is 13.1. The Bertz CT molecular complexity index is 1210. The first kappa shape index (κ1) is 27.6. The van der Waals surface area contributed by atoms with Crippen LogP contribution < -0.4 is 4.90 Å². The maximum atomic E-state index is 14.2. The highest BCUT2D eigenvalue weighted by Gasteiger charge is 2.69. The van der Waals surface area contributed by atoms with Crippen molar-refractivity contribution in [1.82, 2.24) is 9.80 Å². The van der Waals surface area contributed by atoms with E-state index < -0.39 is 6.04 Å². The molecule has 2 saturated heterocycles. The molecule has 0 spiro atoms. The summed E-state index contributed by atoms with van der Waals surface area (Å²) in [5.41, 5.74) is 2.74. The van der Waals surface area contributed by atoms with E-state index in [4.69, 9.17) is 0 Å². The predicted molar refractivity (Wildman–Crippen MR) is 154 cm³/mol. The standard InChI is InChI=1S/C33H43N3O3/c1-22(2)24-12-14-25(15-13-24)36-28(37)20-27(30(36)38)35(31(39)29-32(3,4)33(29,5)6)26-16-18-34(19-17-26)21-23-10-8-7-9-11-23/h7-15,22,26-27,29H,16-21H2,1-6H3. The normalized spacial score (nSPS) is 23.5. The maximum absolute atomic E-state index is 14.2. The van der Waals surface area contributed by atoms with Crippen molar-refractivity contribution in [1.29, 1.82) is 0 Å². The number of carbonyl (C=O) groups excluding carboxylic acids is 3. The van der Waals surface area contributed by atoms with Gasteiger partial charge in [0.05, 0.1) is 12.1 Å². The van der Waals surface area contributed by atoms with Crippen LogP contribution in [0.5, 0.6) is 0 Å². The minimum atomic E-state index is -0.743. The van der Waals surface area contributed by atoms with E-state index in [1.807, 2.05) is 35.2 Å². The number of carbonyl (C=O) groups is 3. The molecule has 1 atom stereocenters. The summed E-state index contributed by atoms with van der Waals surface area (Å²) in [5.74, 6) is -0.253. The van der Waals surface area contributed by atoms with E-state index in [9.17, 15) is 14.4 Å². The van der Waals surface area contributed by atoms with Crippen molar-refractivity contribution in [2.24, 2.45) is 16.7 Å². The number of benzene rings is 2. The summed E-state index contributed by atoms with van der Waals surface area (Å²) in [6.07, 6.45) is 1.65. The van der Waals surface area contributed by atoms with Gasteiger partial charge in [0.15, 0.2) is 0 Å². The minimum Gasteiger partial charge on any atom is -0.327 e. The molecule has 0 bridgehead atoms. The Morgan fingerprint density at radius 3 is 2.05 bits per heavy atom. The Morgan fingerprint density at radius 1 is 0.923 bits per heavy atom. The van der Waals surface area contributed by atoms with Crippen LogP contribution >= 0.6 is 0 Å². The lowest BCUT2D eigenvalue weighted by Gasteiger charge is -2.41. The first-order chi connectivity index (χ1) is 18.4. The molecular formula is C33H43N3O3. The molecule has 2 aliphatic heterocycles. The Morgan fingerprint density at radius 2 is 1.51 bits per heavy atom. The van der Waals surface area contributed by atoms with Crippen LogP contribution in [0.3, 0.4) is 0 Å². The number of amides is 3. The van der Waals surface area contributed by atoms with Crippen LogP contribution in [0.4, 0.5) is 5.69 Å². The molecule has 2 aromatic carbocycles. The van der Waals surface area contributed by atoms with Crippen molar-refractivity contribution in [3.05, 3.63) is 65.7 Å². The van der Waals surface area contributed by atoms with Crippen LogP contribution in [0.25, 0.3) is 0 Å². The summed E-state index contributed by atoms with van der Waals surface area (Å²) < 4.78 is 0. The summed E-state index contributed by atoms with van der Waals surface area (Å²) in [6, 6.07) is 17.3. The number of hydrogen-bond donors (Lipinski definition) is 0. The Hall–Kier alpha value is -2.99. The third-order valence-corrected chi connectivity index (χ3v) is 10.00. The first-order valence-corrected chi connectivity index (χ1v) is 14.5. The van der Waals surface area contributed by atoms with Crippen LogP contribution in [-0.4, -0.2) is 52.7 Å². The first-order valence-electron chi connectivity index (χ1n) is 14.5. The average molecular weight is 530 g/mol. The smallest absolute Gasteiger partial charge is 0.257 e. The van der Waals surface area contributed by atoms with Gasteiger partial charge in [-0.3, -0.25) is 19.3 Å². The number of rotatable bonds is 7. The number of likely N-dealkylation sites (tertiary alicyclic amines) is 1. The van der Waals surface area contributed by atoms with Gasteiger partial charge in [-0.25, -0.2) is 4.90 Å². The molecule has 0 aromatic heterocycles. The third kappa shape index (κ3) is 4.93. The zero-order valence-electron chi connectivity index (χ0n) is 24.3. The largest absolute Gasteiger partial charge is 0.327 e. The predicted octanol–water partition coefficient (Wildman–Crippen LogP) is 5.62. The van der Waals surface area contributed by atoms with E-state index in [2.05, 4.69) is 70.7 Å². The molecule has 6 heteroatoms. The summed E-state index contributed by atoms with van der Waals surface area (Å²) >= 11 is 0. The van der Waals surface area contributed by atoms with Crippen molar-refractivity contribution in [2.45, 2.75) is 85.4 Å². The monoisotopic (exact) mass is 529 g/mol. The van der Waals surface area contributed by atoms with Gasteiger partial charge in [-0.15, -0.1) is 0 Å². The lowest BCUT2D eigenvalue weighted by molar-refractivity contribution is -0.144. The van der Waals surface area contributed by atoms with Gasteiger partial charge in [0.1, 0.15) is 6.04 Å². The molecule has 0 N–H and O–H groups in total. The quantitative estimate of drug-likeness (QED) is 0.437. The van der Waals surface area contributed by atoms with Crippen molar-refractivity contribution in [3.63, 3.8) is 0 Å². The van der Waals surface area contributed by atoms with E-state index in [0.717, 1.165) is 38.0 Å². The third-order valence-electron chi connectivity index (χ3n) is 10.00. The molecule has 3 fully saturated rings. The highest BCUT2D eigenvalue weighted by Crippen LogP contribution is 2.69. The maximum Gasteiger partial charge on any atom is 0.257 e. The van der Waals surface area contributed by atoms with E-state index >= 15 is 0 Å². The number of piperidine rings is 1. The molecule has 208 valence electrons. The Labute approximate surface area is 233 Å². The second-order valence-electron chi connectivity index (χ2n) is 13.1. The molecule has 39 heavy (non-hydrogen) atoms. The van der Waals surface area contributed by atoms with Crippen LogP contribution in [-0.2, 0) is 20.9 Å². The van der Waals surface area contributed by atoms with Gasteiger partial charge >= 0.3 is 0 Å². The minimum absolute atomic E-state index is 0.0367. The molecule has 5 rings (SSSR count). The molecule has 6 nitrogen and oxygen atoms in total. The Balaban J connectivity index is 1.38. The average Bonchev–Trinajstić information content (AvgIpc) is 3.13. The summed E-state index contributed by atoms with van der Waals surface area (Å²) in [6.45, 7) is 15.4. The van der Waals surface area contributed by atoms with Gasteiger partial charge in [-0.2, -0.15) is 0 Å². The van der Waals surface area contributed by atoms with Gasteiger partial charge in [-0.1, -0.05) is 84.0 Å². The number of anilines is 1. The molecule has 3 aliphatic rings. The molecule has 1 aliphatic carbocycles. The van der Waals surface area contributed by atoms with E-state index in [1.54, 1.807) is 0 Å². The molecule has 2 heterocycles. The SMILES string of the molecule is CC(C)c1ccc(N2C(=O)CC(N(C(=O)C3C(C)(C)C3(C)C)C3CCN(Cc4ccccc4)CC3)C2=O)cc1. The highest BCUT2D eigenvalue weighted by molar-refractivity contribution is 6.23. The van der Waals surface area contributed by atoms with Crippen LogP contribution in [0, 0.1) is 16.7 Å². The lowest BCUT2D eigenvalue weighted by Crippen LogP contribution is -2.55. The van der Waals surface area contributed by atoms with Crippen LogP contribution in [0.2, 0.25) is 0 Å². The van der Waals surface area contributed by atoms with Crippen molar-refractivity contribution in [3.8, 4) is 0 Å². The van der Waals surface area contributed by atoms with Crippen molar-refractivity contribution < 1.29 is 14.4 Å². The van der Waals surface area contributed by atoms with Crippen LogP contribution in [0.1, 0.15) is 77.8 Å². The number of hydrogen-bond acceptors (Lipinski definition) is 4. The summed E-state index contributed by atoms with van der Waals surface area (Å²) in [7, 11) is 0. The molecular weight excluding hydrogens is 486 g/mol. The molecule has 0 radical (unpaired) electrons. The van der Waals surface area contributed by atoms with Crippen molar-refractivity contribution in [2.75, 3.05) is 18.0 Å². The van der Waals surface area contributed by atoms with E-state index in [-0.39, 0.29) is 46.9 Å². The second kappa shape index (κ2) is 10.2. The van der Waals surface area contributed by atoms with Gasteiger partial charge in [0.25, 0.3) is 5.91 Å². The van der Waals surface area contributed by atoms with Crippen molar-refractivity contribution >= 4 is 23.4 Å². The zero-order valence-corrected chi connectivity index (χ0v) is 24.3. The summed E-state index contributed by atoms with van der Waals surface area (Å²) in [4.78, 5) is 47.0. The van der Waals surface area contributed by atoms with E-state index in [1.165, 1.54) is 10.5 Å². The molecule has 1 unspecified atom stereocenters. The summed E-state index contributed by atoms with van der Waals surface area (Å²) in [5, 5.41) is 0. The van der Waals surface area contributed by atoms with Gasteiger partial charge in [-0.05, 0) is 52.8 Å². The van der Waals surface area contributed by atoms with Gasteiger partial charge < -0.3 is 4.90 Å². The topological polar surface area (TPSA) is 60.9 Å². The van der Waals surface area contributed by atoms with E-state index in [0.29, 0.717) is 11.6 Å². The fraction of sp³-hybridized carbons (Fsp3) is 0.545. The van der Waals surface area contributed by atoms with Gasteiger partial charge in [0, 0.05) is 31.6 Å². The fourth-order valence-corrected chi connectivity index (χ4v) is 6.86. The Kier molecular flexibility index (Phi) is 7.21. The fourth-order valence-electron chi connectivity index (χ4n) is 6.86. The molecule has 2 aromatic rings. The lowest BCUT2D eigenvalue weighted by atomic mass is 9.97. The number of imide groups is 1. The zero-order chi connectivity index (χ0) is 28.1. The number of nitrogens with zero attached hydrogens (tertiary/aromatic N) is 3. The van der Waals surface area contributed by atoms with Crippen LogP contribution in [0.15, 0.2) is 54.6 Å². The molecule has 1 saturated carbocycles. The van der Waals surface area contributed by atoms with Gasteiger partial charge in [0.2, 0.25) is 11.8 Å². The molecule has 3 amide bonds. The highest BCUT2D eigenvalue weighted by atomic mass is 16.2.